The second-order valence-electron chi connectivity index (χ2n) is 6.29. The number of pyridine rings is 1. The number of aryl methyl sites for hydroxylation is 1. The number of halogens is 1. The van der Waals surface area contributed by atoms with Crippen LogP contribution in [-0.4, -0.2) is 16.8 Å². The van der Waals surface area contributed by atoms with Gasteiger partial charge < -0.3 is 10.6 Å². The first-order valence-electron chi connectivity index (χ1n) is 8.91. The molecule has 3 rings (SSSR count). The molecular formula is C22H20FN3O2. The molecule has 2 amide bonds. The molecular weight excluding hydrogens is 357 g/mol. The largest absolute Gasteiger partial charge is 0.352 e. The van der Waals surface area contributed by atoms with Crippen LogP contribution in [0, 0.1) is 5.82 Å². The summed E-state index contributed by atoms with van der Waals surface area (Å²) in [5, 5.41) is 5.69. The average Bonchev–Trinajstić information content (AvgIpc) is 2.73. The molecule has 3 aromatic rings. The van der Waals surface area contributed by atoms with Crippen LogP contribution in [-0.2, 0) is 17.8 Å². The van der Waals surface area contributed by atoms with E-state index in [1.807, 2.05) is 18.2 Å². The second-order valence-corrected chi connectivity index (χ2v) is 6.29. The summed E-state index contributed by atoms with van der Waals surface area (Å²) < 4.78 is 12.9. The number of amides is 2. The Balaban J connectivity index is 1.49. The van der Waals surface area contributed by atoms with Gasteiger partial charge in [-0.2, -0.15) is 0 Å². The summed E-state index contributed by atoms with van der Waals surface area (Å²) in [4.78, 5) is 28.1. The van der Waals surface area contributed by atoms with Crippen LogP contribution >= 0.6 is 0 Å². The minimum Gasteiger partial charge on any atom is -0.352 e. The molecule has 28 heavy (non-hydrogen) atoms. The van der Waals surface area contributed by atoms with Gasteiger partial charge in [-0.05, 0) is 53.9 Å². The molecule has 0 spiro atoms. The van der Waals surface area contributed by atoms with Crippen molar-refractivity contribution in [1.29, 1.82) is 0 Å². The molecule has 0 atom stereocenters. The molecule has 6 heteroatoms. The smallest absolute Gasteiger partial charge is 0.255 e. The normalized spacial score (nSPS) is 10.3. The van der Waals surface area contributed by atoms with Crippen molar-refractivity contribution in [2.24, 2.45) is 0 Å². The molecule has 1 heterocycles. The summed E-state index contributed by atoms with van der Waals surface area (Å²) in [6, 6.07) is 16.7. The van der Waals surface area contributed by atoms with Crippen LogP contribution in [0.5, 0.6) is 0 Å². The summed E-state index contributed by atoms with van der Waals surface area (Å²) in [6.45, 7) is 0.362. The van der Waals surface area contributed by atoms with Gasteiger partial charge in [0.05, 0.1) is 0 Å². The Hall–Kier alpha value is -3.54. The Morgan fingerprint density at radius 1 is 0.929 bits per heavy atom. The van der Waals surface area contributed by atoms with Crippen LogP contribution < -0.4 is 10.6 Å². The minimum absolute atomic E-state index is 0.0875. The zero-order valence-corrected chi connectivity index (χ0v) is 15.2. The third-order valence-corrected chi connectivity index (χ3v) is 4.17. The van der Waals surface area contributed by atoms with Gasteiger partial charge in [0.25, 0.3) is 5.91 Å². The van der Waals surface area contributed by atoms with E-state index in [0.29, 0.717) is 30.6 Å². The first kappa shape index (κ1) is 19.2. The lowest BCUT2D eigenvalue weighted by Gasteiger charge is -2.09. The van der Waals surface area contributed by atoms with E-state index < -0.39 is 0 Å². The van der Waals surface area contributed by atoms with Crippen molar-refractivity contribution in [3.05, 3.63) is 95.6 Å². The van der Waals surface area contributed by atoms with Crippen LogP contribution in [0.4, 0.5) is 10.1 Å². The van der Waals surface area contributed by atoms with Crippen molar-refractivity contribution in [2.75, 3.05) is 5.32 Å². The highest BCUT2D eigenvalue weighted by molar-refractivity contribution is 6.04. The van der Waals surface area contributed by atoms with Crippen molar-refractivity contribution in [1.82, 2.24) is 10.3 Å². The molecule has 142 valence electrons. The van der Waals surface area contributed by atoms with Crippen LogP contribution in [0.2, 0.25) is 0 Å². The van der Waals surface area contributed by atoms with Crippen molar-refractivity contribution in [3.63, 3.8) is 0 Å². The highest BCUT2D eigenvalue weighted by Gasteiger charge is 2.07. The fourth-order valence-corrected chi connectivity index (χ4v) is 2.66. The summed E-state index contributed by atoms with van der Waals surface area (Å²) in [7, 11) is 0. The molecule has 0 aliphatic heterocycles. The van der Waals surface area contributed by atoms with E-state index in [4.69, 9.17) is 0 Å². The molecule has 0 fully saturated rings. The van der Waals surface area contributed by atoms with Gasteiger partial charge in [0.15, 0.2) is 0 Å². The lowest BCUT2D eigenvalue weighted by molar-refractivity contribution is -0.121. The molecule has 0 aliphatic rings. The van der Waals surface area contributed by atoms with Gasteiger partial charge in [0.2, 0.25) is 5.91 Å². The molecule has 2 N–H and O–H groups in total. The maximum atomic E-state index is 12.9. The monoisotopic (exact) mass is 377 g/mol. The number of aromatic nitrogens is 1. The van der Waals surface area contributed by atoms with Crippen molar-refractivity contribution in [3.8, 4) is 0 Å². The third kappa shape index (κ3) is 5.74. The summed E-state index contributed by atoms with van der Waals surface area (Å²) in [5.74, 6) is -0.595. The highest BCUT2D eigenvalue weighted by atomic mass is 19.1. The van der Waals surface area contributed by atoms with Gasteiger partial charge in [0.1, 0.15) is 5.82 Å². The van der Waals surface area contributed by atoms with Gasteiger partial charge in [-0.3, -0.25) is 14.6 Å². The number of hydrogen-bond acceptors (Lipinski definition) is 3. The van der Waals surface area contributed by atoms with E-state index in [0.717, 1.165) is 11.1 Å². The van der Waals surface area contributed by atoms with Gasteiger partial charge in [-0.15, -0.1) is 0 Å². The number of carbonyl (C=O) groups is 2. The first-order chi connectivity index (χ1) is 13.6. The molecule has 1 aromatic heterocycles. The summed E-state index contributed by atoms with van der Waals surface area (Å²) in [5.41, 5.74) is 2.97. The Morgan fingerprint density at radius 2 is 1.68 bits per heavy atom. The number of anilines is 1. The van der Waals surface area contributed by atoms with Crippen molar-refractivity contribution < 1.29 is 14.0 Å². The Bertz CT molecular complexity index is 944. The van der Waals surface area contributed by atoms with Gasteiger partial charge in [-0.1, -0.05) is 24.3 Å². The fourth-order valence-electron chi connectivity index (χ4n) is 2.66. The number of nitrogens with one attached hydrogen (secondary N) is 2. The van der Waals surface area contributed by atoms with Crippen molar-refractivity contribution in [2.45, 2.75) is 19.4 Å². The molecule has 0 saturated heterocycles. The van der Waals surface area contributed by atoms with E-state index in [9.17, 15) is 14.0 Å². The SMILES string of the molecule is O=C(CCc1ccc(F)cc1)NCc1cccc(NC(=O)c2ccncc2)c1. The zero-order chi connectivity index (χ0) is 19.8. The quantitative estimate of drug-likeness (QED) is 0.659. The lowest BCUT2D eigenvalue weighted by Crippen LogP contribution is -2.23. The standard InChI is InChI=1S/C22H20FN3O2/c23-19-7-4-16(5-8-19)6-9-21(27)25-15-17-2-1-3-20(14-17)26-22(28)18-10-12-24-13-11-18/h1-5,7-8,10-14H,6,9,15H2,(H,25,27)(H,26,28). The Morgan fingerprint density at radius 3 is 2.43 bits per heavy atom. The number of benzene rings is 2. The first-order valence-corrected chi connectivity index (χ1v) is 8.91. The van der Waals surface area contributed by atoms with E-state index in [2.05, 4.69) is 15.6 Å². The topological polar surface area (TPSA) is 71.1 Å². The molecule has 0 aliphatic carbocycles. The van der Waals surface area contributed by atoms with E-state index in [-0.39, 0.29) is 17.6 Å². The molecule has 0 radical (unpaired) electrons. The minimum atomic E-state index is -0.288. The number of nitrogens with zero attached hydrogens (tertiary/aromatic N) is 1. The van der Waals surface area contributed by atoms with Crippen LogP contribution in [0.25, 0.3) is 0 Å². The molecule has 5 nitrogen and oxygen atoms in total. The van der Waals surface area contributed by atoms with Crippen LogP contribution in [0.3, 0.4) is 0 Å². The Labute approximate surface area is 162 Å². The highest BCUT2D eigenvalue weighted by Crippen LogP contribution is 2.12. The third-order valence-electron chi connectivity index (χ3n) is 4.17. The van der Waals surface area contributed by atoms with Gasteiger partial charge in [-0.25, -0.2) is 4.39 Å². The average molecular weight is 377 g/mol. The molecule has 0 bridgehead atoms. The number of rotatable bonds is 7. The second kappa shape index (κ2) is 9.41. The van der Waals surface area contributed by atoms with Crippen molar-refractivity contribution >= 4 is 17.5 Å². The maximum Gasteiger partial charge on any atom is 0.255 e. The Kier molecular flexibility index (Phi) is 6.46. The predicted octanol–water partition coefficient (Wildman–Crippen LogP) is 3.72. The zero-order valence-electron chi connectivity index (χ0n) is 15.2. The van der Waals surface area contributed by atoms with Gasteiger partial charge in [0, 0.05) is 36.6 Å². The van der Waals surface area contributed by atoms with E-state index in [1.165, 1.54) is 12.1 Å². The predicted molar refractivity (Wildman–Crippen MR) is 105 cm³/mol. The van der Waals surface area contributed by atoms with Gasteiger partial charge >= 0.3 is 0 Å². The lowest BCUT2D eigenvalue weighted by atomic mass is 10.1. The maximum absolute atomic E-state index is 12.9. The summed E-state index contributed by atoms with van der Waals surface area (Å²) >= 11 is 0. The molecule has 2 aromatic carbocycles. The molecule has 0 saturated carbocycles. The van der Waals surface area contributed by atoms with Crippen LogP contribution in [0.15, 0.2) is 73.1 Å². The fraction of sp³-hybridized carbons (Fsp3) is 0.136. The van der Waals surface area contributed by atoms with E-state index in [1.54, 1.807) is 42.7 Å². The summed E-state index contributed by atoms with van der Waals surface area (Å²) in [6.07, 6.45) is 4.00. The number of carbonyl (C=O) groups excluding carboxylic acids is 2. The molecule has 0 unspecified atom stereocenters. The van der Waals surface area contributed by atoms with Crippen LogP contribution in [0.1, 0.15) is 27.9 Å². The van der Waals surface area contributed by atoms with E-state index >= 15 is 0 Å². The number of hydrogen-bond donors (Lipinski definition) is 2.